The highest BCUT2D eigenvalue weighted by molar-refractivity contribution is 7.89. The number of hydrogen-bond donors (Lipinski definition) is 0. The molecule has 0 aliphatic carbocycles. The minimum absolute atomic E-state index is 0.0935. The van der Waals surface area contributed by atoms with Crippen molar-refractivity contribution in [3.8, 4) is 0 Å². The zero-order valence-electron chi connectivity index (χ0n) is 14.8. The number of rotatable bonds is 5. The smallest absolute Gasteiger partial charge is 0.417 e. The Morgan fingerprint density at radius 2 is 1.79 bits per heavy atom. The van der Waals surface area contributed by atoms with Crippen LogP contribution in [-0.4, -0.2) is 65.0 Å². The largest absolute Gasteiger partial charge is 0.470 e. The van der Waals surface area contributed by atoms with Gasteiger partial charge in [-0.2, -0.15) is 13.2 Å². The lowest BCUT2D eigenvalue weighted by molar-refractivity contribution is -0.157. The number of amides is 2. The van der Waals surface area contributed by atoms with E-state index in [1.54, 1.807) is 0 Å². The van der Waals surface area contributed by atoms with Crippen LogP contribution in [0.2, 0.25) is 0 Å². The number of imide groups is 1. The van der Waals surface area contributed by atoms with E-state index < -0.39 is 45.6 Å². The Morgan fingerprint density at radius 1 is 1.11 bits per heavy atom. The van der Waals surface area contributed by atoms with Gasteiger partial charge >= 0.3 is 12.1 Å². The Labute approximate surface area is 158 Å². The molecule has 0 spiro atoms. The monoisotopic (exact) mass is 424 g/mol. The first-order valence-electron chi connectivity index (χ1n) is 8.79. The normalized spacial score (nSPS) is 22.7. The van der Waals surface area contributed by atoms with Gasteiger partial charge < -0.3 is 4.42 Å². The third kappa shape index (κ3) is 4.51. The lowest BCUT2D eigenvalue weighted by Gasteiger charge is -2.31. The van der Waals surface area contributed by atoms with Crippen molar-refractivity contribution in [3.05, 3.63) is 11.8 Å². The molecular formula is C15H19F3N4O5S. The second-order valence-electron chi connectivity index (χ2n) is 6.75. The minimum Gasteiger partial charge on any atom is -0.417 e. The molecule has 2 aliphatic rings. The zero-order valence-corrected chi connectivity index (χ0v) is 15.6. The van der Waals surface area contributed by atoms with Crippen LogP contribution in [0.5, 0.6) is 0 Å². The molecule has 2 amide bonds. The summed E-state index contributed by atoms with van der Waals surface area (Å²) in [5.41, 5.74) is 0. The highest BCUT2D eigenvalue weighted by Gasteiger charge is 2.40. The molecule has 0 bridgehead atoms. The van der Waals surface area contributed by atoms with E-state index in [0.717, 1.165) is 9.21 Å². The molecule has 0 radical (unpaired) electrons. The molecule has 3 rings (SSSR count). The van der Waals surface area contributed by atoms with Crippen LogP contribution in [0.15, 0.2) is 4.42 Å². The second-order valence-corrected chi connectivity index (χ2v) is 8.84. The lowest BCUT2D eigenvalue weighted by atomic mass is 10.00. The maximum Gasteiger partial charge on any atom is 0.470 e. The Kier molecular flexibility index (Phi) is 5.75. The number of alkyl halides is 3. The van der Waals surface area contributed by atoms with E-state index in [4.69, 9.17) is 0 Å². The van der Waals surface area contributed by atoms with Gasteiger partial charge in [-0.25, -0.2) is 12.7 Å². The van der Waals surface area contributed by atoms with Crippen molar-refractivity contribution in [1.82, 2.24) is 19.4 Å². The van der Waals surface area contributed by atoms with Crippen LogP contribution in [0.1, 0.15) is 49.8 Å². The summed E-state index contributed by atoms with van der Waals surface area (Å²) >= 11 is 0. The van der Waals surface area contributed by atoms with Crippen molar-refractivity contribution in [2.45, 2.75) is 44.2 Å². The van der Waals surface area contributed by atoms with Crippen molar-refractivity contribution >= 4 is 21.8 Å². The van der Waals surface area contributed by atoms with Crippen LogP contribution in [0.25, 0.3) is 0 Å². The Balaban J connectivity index is 1.64. The number of nitrogens with zero attached hydrogens (tertiary/aromatic N) is 4. The van der Waals surface area contributed by atoms with Crippen molar-refractivity contribution in [1.29, 1.82) is 0 Å². The zero-order chi connectivity index (χ0) is 20.5. The maximum absolute atomic E-state index is 12.6. The molecule has 0 unspecified atom stereocenters. The summed E-state index contributed by atoms with van der Waals surface area (Å²) in [5, 5.41) is 6.38. The van der Waals surface area contributed by atoms with Crippen LogP contribution in [-0.2, 0) is 25.8 Å². The number of halogens is 3. The fourth-order valence-corrected chi connectivity index (χ4v) is 4.78. The third-order valence-corrected chi connectivity index (χ3v) is 6.58. The van der Waals surface area contributed by atoms with Gasteiger partial charge in [-0.15, -0.1) is 10.2 Å². The quantitative estimate of drug-likeness (QED) is 0.651. The van der Waals surface area contributed by atoms with Crippen molar-refractivity contribution < 1.29 is 35.6 Å². The predicted octanol–water partition coefficient (Wildman–Crippen LogP) is 1.14. The Morgan fingerprint density at radius 3 is 2.39 bits per heavy atom. The maximum atomic E-state index is 12.6. The van der Waals surface area contributed by atoms with E-state index in [2.05, 4.69) is 14.6 Å². The number of aromatic nitrogens is 2. The number of piperidine rings is 2. The summed E-state index contributed by atoms with van der Waals surface area (Å²) in [6.07, 6.45) is -3.08. The van der Waals surface area contributed by atoms with E-state index in [1.807, 2.05) is 0 Å². The van der Waals surface area contributed by atoms with Crippen LogP contribution < -0.4 is 0 Å². The molecule has 0 aromatic carbocycles. The summed E-state index contributed by atoms with van der Waals surface area (Å²) in [7, 11) is -3.82. The molecule has 156 valence electrons. The fourth-order valence-electron chi connectivity index (χ4n) is 3.30. The van der Waals surface area contributed by atoms with Crippen LogP contribution in [0.3, 0.4) is 0 Å². The fraction of sp³-hybridized carbons (Fsp3) is 0.733. The molecule has 9 nitrogen and oxygen atoms in total. The minimum atomic E-state index is -4.76. The van der Waals surface area contributed by atoms with Crippen LogP contribution >= 0.6 is 0 Å². The van der Waals surface area contributed by atoms with Gasteiger partial charge in [0.05, 0.1) is 11.7 Å². The van der Waals surface area contributed by atoms with Gasteiger partial charge in [-0.3, -0.25) is 14.5 Å². The summed E-state index contributed by atoms with van der Waals surface area (Å²) in [6.45, 7) is -0.134. The van der Waals surface area contributed by atoms with Crippen LogP contribution in [0.4, 0.5) is 13.2 Å². The van der Waals surface area contributed by atoms with E-state index in [1.165, 1.54) is 0 Å². The van der Waals surface area contributed by atoms with E-state index in [9.17, 15) is 31.2 Å². The molecule has 3 heterocycles. The molecule has 2 aliphatic heterocycles. The molecule has 1 aromatic heterocycles. The topological polar surface area (TPSA) is 114 Å². The second kappa shape index (κ2) is 7.78. The molecule has 2 fully saturated rings. The van der Waals surface area contributed by atoms with E-state index in [-0.39, 0.29) is 38.4 Å². The first-order valence-corrected chi connectivity index (χ1v) is 10.4. The molecule has 1 aromatic rings. The standard InChI is InChI=1S/C15H19F3N4O5S/c16-15(17,18)14-20-19-13(27-14)10-3-2-6-21(9-10)28(25,26)8-7-22-11(23)4-1-5-12(22)24/h10H,1-9H2/t10-/m0/s1. The molecule has 1 atom stereocenters. The van der Waals surface area contributed by atoms with Gasteiger partial charge in [0.1, 0.15) is 0 Å². The first kappa shape index (κ1) is 20.7. The van der Waals surface area contributed by atoms with Gasteiger partial charge in [0.2, 0.25) is 27.7 Å². The Hall–Kier alpha value is -2.02. The SMILES string of the molecule is O=C1CCCC(=O)N1CCS(=O)(=O)N1CCC[C@H](c2nnc(C(F)(F)F)o2)C1. The first-order chi connectivity index (χ1) is 13.1. The molecule has 13 heteroatoms. The highest BCUT2D eigenvalue weighted by atomic mass is 32.2. The average molecular weight is 424 g/mol. The molecule has 2 saturated heterocycles. The highest BCUT2D eigenvalue weighted by Crippen LogP contribution is 2.32. The molecule has 0 N–H and O–H groups in total. The summed E-state index contributed by atoms with van der Waals surface area (Å²) in [4.78, 5) is 24.5. The van der Waals surface area contributed by atoms with Gasteiger partial charge in [0, 0.05) is 32.5 Å². The predicted molar refractivity (Wildman–Crippen MR) is 87.2 cm³/mol. The number of sulfonamides is 1. The summed E-state index contributed by atoms with van der Waals surface area (Å²) < 4.78 is 68.9. The van der Waals surface area contributed by atoms with Crippen molar-refractivity contribution in [2.75, 3.05) is 25.4 Å². The van der Waals surface area contributed by atoms with Gasteiger partial charge in [-0.1, -0.05) is 0 Å². The number of likely N-dealkylation sites (tertiary alicyclic amines) is 1. The third-order valence-electron chi connectivity index (χ3n) is 4.77. The molecule has 28 heavy (non-hydrogen) atoms. The van der Waals surface area contributed by atoms with Gasteiger partial charge in [-0.05, 0) is 19.3 Å². The number of hydrogen-bond acceptors (Lipinski definition) is 7. The van der Waals surface area contributed by atoms with Crippen LogP contribution in [0, 0.1) is 0 Å². The Bertz CT molecular complexity index is 838. The number of carbonyl (C=O) groups is 2. The van der Waals surface area contributed by atoms with Gasteiger partial charge in [0.25, 0.3) is 0 Å². The van der Waals surface area contributed by atoms with E-state index in [0.29, 0.717) is 19.3 Å². The average Bonchev–Trinajstić information content (AvgIpc) is 3.12. The van der Waals surface area contributed by atoms with Gasteiger partial charge in [0.15, 0.2) is 0 Å². The number of carbonyl (C=O) groups excluding carboxylic acids is 2. The van der Waals surface area contributed by atoms with Crippen molar-refractivity contribution in [3.63, 3.8) is 0 Å². The summed E-state index contributed by atoms with van der Waals surface area (Å²) in [5.74, 6) is -3.60. The lowest BCUT2D eigenvalue weighted by Crippen LogP contribution is -2.46. The summed E-state index contributed by atoms with van der Waals surface area (Å²) in [6, 6.07) is 0. The molecule has 0 saturated carbocycles. The van der Waals surface area contributed by atoms with Crippen molar-refractivity contribution in [2.24, 2.45) is 0 Å². The molecular weight excluding hydrogens is 405 g/mol. The van der Waals surface area contributed by atoms with E-state index >= 15 is 0 Å².